The molecule has 1 atom stereocenters. The Bertz CT molecular complexity index is 357. The summed E-state index contributed by atoms with van der Waals surface area (Å²) in [5.74, 6) is 1.67. The average molecular weight is 267 g/mol. The second-order valence-electron chi connectivity index (χ2n) is 5.69. The van der Waals surface area contributed by atoms with E-state index in [4.69, 9.17) is 11.6 Å². The summed E-state index contributed by atoms with van der Waals surface area (Å²) in [6.45, 7) is 2.30. The smallest absolute Gasteiger partial charge is 0.0935 e. The van der Waals surface area contributed by atoms with Crippen LogP contribution in [0.3, 0.4) is 0 Å². The van der Waals surface area contributed by atoms with Gasteiger partial charge < -0.3 is 5.11 Å². The lowest BCUT2D eigenvalue weighted by molar-refractivity contribution is -0.0457. The molecule has 0 saturated heterocycles. The van der Waals surface area contributed by atoms with Gasteiger partial charge in [0.25, 0.3) is 0 Å². The maximum Gasteiger partial charge on any atom is 0.0935 e. The number of rotatable bonds is 4. The van der Waals surface area contributed by atoms with E-state index in [-0.39, 0.29) is 0 Å². The number of benzene rings is 1. The first-order chi connectivity index (χ1) is 8.66. The van der Waals surface area contributed by atoms with Crippen molar-refractivity contribution in [1.29, 1.82) is 0 Å². The first kappa shape index (κ1) is 13.9. The molecule has 2 heteroatoms. The van der Waals surface area contributed by atoms with Crippen LogP contribution in [-0.2, 0) is 5.60 Å². The first-order valence-corrected chi connectivity index (χ1v) is 7.54. The Morgan fingerprint density at radius 3 is 2.33 bits per heavy atom. The number of aliphatic hydroxyl groups is 1. The lowest BCUT2D eigenvalue weighted by Gasteiger charge is -2.40. The van der Waals surface area contributed by atoms with Crippen molar-refractivity contribution in [3.8, 4) is 0 Å². The zero-order valence-corrected chi connectivity index (χ0v) is 11.9. The van der Waals surface area contributed by atoms with Gasteiger partial charge in [-0.15, -0.1) is 11.6 Å². The van der Waals surface area contributed by atoms with Crippen molar-refractivity contribution in [2.45, 2.75) is 44.6 Å². The number of hydrogen-bond acceptors (Lipinski definition) is 1. The Labute approximate surface area is 115 Å². The average Bonchev–Trinajstić information content (AvgIpc) is 2.40. The zero-order valence-electron chi connectivity index (χ0n) is 11.1. The van der Waals surface area contributed by atoms with Crippen molar-refractivity contribution < 1.29 is 5.11 Å². The van der Waals surface area contributed by atoms with E-state index in [1.165, 1.54) is 12.8 Å². The summed E-state index contributed by atoms with van der Waals surface area (Å²) in [6, 6.07) is 10.1. The molecule has 0 amide bonds. The Balaban J connectivity index is 2.21. The van der Waals surface area contributed by atoms with Gasteiger partial charge in [0.05, 0.1) is 5.60 Å². The minimum atomic E-state index is -0.733. The van der Waals surface area contributed by atoms with Crippen molar-refractivity contribution in [3.63, 3.8) is 0 Å². The van der Waals surface area contributed by atoms with E-state index in [0.29, 0.717) is 18.2 Å². The van der Waals surface area contributed by atoms with Crippen LogP contribution in [0.4, 0.5) is 0 Å². The fraction of sp³-hybridized carbons (Fsp3) is 0.625. The third kappa shape index (κ3) is 2.89. The molecule has 0 aromatic heterocycles. The molecular formula is C16H23ClO. The van der Waals surface area contributed by atoms with E-state index in [0.717, 1.165) is 24.3 Å². The molecule has 1 nitrogen and oxygen atoms in total. The second-order valence-corrected chi connectivity index (χ2v) is 6.06. The maximum atomic E-state index is 11.1. The van der Waals surface area contributed by atoms with Gasteiger partial charge in [0.1, 0.15) is 0 Å². The maximum absolute atomic E-state index is 11.1. The standard InChI is InChI=1S/C16H23ClO/c1-13-7-9-15(10-8-13)16(18,11-12-17)14-5-3-2-4-6-14/h2-6,13,15,18H,7-12H2,1H3. The molecule has 1 N–H and O–H groups in total. The topological polar surface area (TPSA) is 20.2 Å². The fourth-order valence-corrected chi connectivity index (χ4v) is 3.48. The predicted octanol–water partition coefficient (Wildman–Crippen LogP) is 4.33. The molecule has 1 saturated carbocycles. The highest BCUT2D eigenvalue weighted by atomic mass is 35.5. The molecule has 2 rings (SSSR count). The van der Waals surface area contributed by atoms with Crippen LogP contribution in [0.2, 0.25) is 0 Å². The van der Waals surface area contributed by atoms with Crippen LogP contribution in [0.25, 0.3) is 0 Å². The molecular weight excluding hydrogens is 244 g/mol. The molecule has 1 aliphatic rings. The lowest BCUT2D eigenvalue weighted by atomic mass is 9.70. The van der Waals surface area contributed by atoms with Crippen LogP contribution in [-0.4, -0.2) is 11.0 Å². The lowest BCUT2D eigenvalue weighted by Crippen LogP contribution is -2.37. The Hall–Kier alpha value is -0.530. The summed E-state index contributed by atoms with van der Waals surface area (Å²) >= 11 is 5.92. The van der Waals surface area contributed by atoms with Crippen LogP contribution in [0, 0.1) is 11.8 Å². The van der Waals surface area contributed by atoms with Crippen molar-refractivity contribution in [1.82, 2.24) is 0 Å². The molecule has 18 heavy (non-hydrogen) atoms. The van der Waals surface area contributed by atoms with E-state index in [2.05, 4.69) is 6.92 Å². The number of halogens is 1. The van der Waals surface area contributed by atoms with Gasteiger partial charge in [0.2, 0.25) is 0 Å². The van der Waals surface area contributed by atoms with Crippen molar-refractivity contribution in [2.75, 3.05) is 5.88 Å². The molecule has 0 aliphatic heterocycles. The molecule has 0 spiro atoms. The number of alkyl halides is 1. The molecule has 1 aliphatic carbocycles. The van der Waals surface area contributed by atoms with E-state index >= 15 is 0 Å². The van der Waals surface area contributed by atoms with Gasteiger partial charge in [-0.05, 0) is 36.7 Å². The highest BCUT2D eigenvalue weighted by molar-refractivity contribution is 6.17. The summed E-state index contributed by atoms with van der Waals surface area (Å²) in [5.41, 5.74) is 0.300. The van der Waals surface area contributed by atoms with Gasteiger partial charge in [-0.2, -0.15) is 0 Å². The normalized spacial score (nSPS) is 27.7. The second kappa shape index (κ2) is 6.08. The first-order valence-electron chi connectivity index (χ1n) is 7.00. The van der Waals surface area contributed by atoms with E-state index in [1.807, 2.05) is 30.3 Å². The molecule has 1 aromatic rings. The molecule has 1 unspecified atom stereocenters. The van der Waals surface area contributed by atoms with E-state index in [9.17, 15) is 5.11 Å². The van der Waals surface area contributed by atoms with Gasteiger partial charge >= 0.3 is 0 Å². The van der Waals surface area contributed by atoms with Crippen molar-refractivity contribution in [3.05, 3.63) is 35.9 Å². The third-order valence-corrected chi connectivity index (χ3v) is 4.63. The molecule has 0 heterocycles. The molecule has 100 valence electrons. The number of hydrogen-bond donors (Lipinski definition) is 1. The van der Waals surface area contributed by atoms with Crippen molar-refractivity contribution in [2.24, 2.45) is 11.8 Å². The quantitative estimate of drug-likeness (QED) is 0.805. The van der Waals surface area contributed by atoms with Crippen LogP contribution in [0.1, 0.15) is 44.6 Å². The fourth-order valence-electron chi connectivity index (χ4n) is 3.19. The van der Waals surface area contributed by atoms with Crippen LogP contribution in [0.15, 0.2) is 30.3 Å². The van der Waals surface area contributed by atoms with Gasteiger partial charge in [-0.1, -0.05) is 50.1 Å². The highest BCUT2D eigenvalue weighted by Crippen LogP contribution is 2.43. The van der Waals surface area contributed by atoms with Crippen LogP contribution < -0.4 is 0 Å². The largest absolute Gasteiger partial charge is 0.385 e. The van der Waals surface area contributed by atoms with Gasteiger partial charge in [-0.25, -0.2) is 0 Å². The Morgan fingerprint density at radius 2 is 1.78 bits per heavy atom. The summed E-state index contributed by atoms with van der Waals surface area (Å²) < 4.78 is 0. The van der Waals surface area contributed by atoms with E-state index in [1.54, 1.807) is 0 Å². The monoisotopic (exact) mass is 266 g/mol. The van der Waals surface area contributed by atoms with E-state index < -0.39 is 5.60 Å². The summed E-state index contributed by atoms with van der Waals surface area (Å²) in [6.07, 6.45) is 5.33. The minimum Gasteiger partial charge on any atom is -0.385 e. The third-order valence-electron chi connectivity index (χ3n) is 4.44. The highest BCUT2D eigenvalue weighted by Gasteiger charge is 2.39. The van der Waals surface area contributed by atoms with Crippen molar-refractivity contribution >= 4 is 11.6 Å². The summed E-state index contributed by atoms with van der Waals surface area (Å²) in [5, 5.41) is 11.1. The predicted molar refractivity (Wildman–Crippen MR) is 76.8 cm³/mol. The summed E-state index contributed by atoms with van der Waals surface area (Å²) in [4.78, 5) is 0. The van der Waals surface area contributed by atoms with Gasteiger partial charge in [0, 0.05) is 5.88 Å². The Morgan fingerprint density at radius 1 is 1.17 bits per heavy atom. The van der Waals surface area contributed by atoms with Gasteiger partial charge in [0.15, 0.2) is 0 Å². The molecule has 0 bridgehead atoms. The minimum absolute atomic E-state index is 0.356. The van der Waals surface area contributed by atoms with Gasteiger partial charge in [-0.3, -0.25) is 0 Å². The molecule has 0 radical (unpaired) electrons. The zero-order chi connectivity index (χ0) is 13.0. The molecule has 1 fully saturated rings. The van der Waals surface area contributed by atoms with Crippen LogP contribution in [0.5, 0.6) is 0 Å². The van der Waals surface area contributed by atoms with Crippen LogP contribution >= 0.6 is 11.6 Å². The molecule has 1 aromatic carbocycles. The summed E-state index contributed by atoms with van der Waals surface area (Å²) in [7, 11) is 0. The SMILES string of the molecule is CC1CCC(C(O)(CCCl)c2ccccc2)CC1. The Kier molecular flexibility index (Phi) is 4.69.